The van der Waals surface area contributed by atoms with Crippen LogP contribution in [0.4, 0.5) is 11.4 Å². The average molecular weight is 401 g/mol. The third kappa shape index (κ3) is 2.87. The summed E-state index contributed by atoms with van der Waals surface area (Å²) in [5.41, 5.74) is 3.10. The minimum atomic E-state index is -3.92. The second kappa shape index (κ2) is 6.56. The predicted molar refractivity (Wildman–Crippen MR) is 107 cm³/mol. The number of hydrogen-bond acceptors (Lipinski definition) is 5. The molecule has 2 aliphatic rings. The molecule has 7 nitrogen and oxygen atoms in total. The number of sulfonamides is 1. The first kappa shape index (κ1) is 18.9. The van der Waals surface area contributed by atoms with Crippen molar-refractivity contribution in [2.75, 3.05) is 24.4 Å². The highest BCUT2D eigenvalue weighted by molar-refractivity contribution is 7.92. The molecule has 0 saturated carbocycles. The summed E-state index contributed by atoms with van der Waals surface area (Å²) in [5, 5.41) is 11.3. The zero-order chi connectivity index (χ0) is 20.2. The van der Waals surface area contributed by atoms with Gasteiger partial charge in [0, 0.05) is 24.1 Å². The average Bonchev–Trinajstić information content (AvgIpc) is 2.95. The minimum absolute atomic E-state index is 0.0316. The number of fused-ring (bicyclic) bond motifs is 3. The number of aryl methyl sites for hydroxylation is 2. The van der Waals surface area contributed by atoms with Gasteiger partial charge in [0.05, 0.1) is 21.5 Å². The Bertz CT molecular complexity index is 1070. The SMILES string of the molecule is Cc1ccc2c(c1)[C@@H]1CN(C)CC[C@@H]1N2S(=O)(=O)c1ccc(C)c([N+](=O)[O-])c1. The number of piperidine rings is 1. The number of nitrogens with zero attached hydrogens (tertiary/aromatic N) is 3. The Hall–Kier alpha value is -2.45. The lowest BCUT2D eigenvalue weighted by Crippen LogP contribution is -2.47. The zero-order valence-corrected chi connectivity index (χ0v) is 16.9. The Morgan fingerprint density at radius 2 is 1.89 bits per heavy atom. The van der Waals surface area contributed by atoms with Gasteiger partial charge in [0.15, 0.2) is 0 Å². The maximum absolute atomic E-state index is 13.6. The van der Waals surface area contributed by atoms with Gasteiger partial charge in [-0.1, -0.05) is 23.8 Å². The Morgan fingerprint density at radius 1 is 1.14 bits per heavy atom. The first-order valence-corrected chi connectivity index (χ1v) is 10.7. The molecule has 148 valence electrons. The molecule has 1 fully saturated rings. The molecule has 0 amide bonds. The largest absolute Gasteiger partial charge is 0.306 e. The van der Waals surface area contributed by atoms with E-state index in [1.807, 2.05) is 26.1 Å². The molecule has 0 bridgehead atoms. The normalized spacial score (nSPS) is 22.0. The van der Waals surface area contributed by atoms with Gasteiger partial charge in [-0.25, -0.2) is 8.42 Å². The number of anilines is 1. The van der Waals surface area contributed by atoms with Gasteiger partial charge >= 0.3 is 0 Å². The number of likely N-dealkylation sites (tertiary alicyclic amines) is 1. The second-order valence-corrected chi connectivity index (χ2v) is 9.61. The minimum Gasteiger partial charge on any atom is -0.306 e. The first-order valence-electron chi connectivity index (χ1n) is 9.28. The van der Waals surface area contributed by atoms with Crippen molar-refractivity contribution >= 4 is 21.4 Å². The van der Waals surface area contributed by atoms with E-state index in [9.17, 15) is 18.5 Å². The molecule has 8 heteroatoms. The molecule has 0 spiro atoms. The highest BCUT2D eigenvalue weighted by Gasteiger charge is 2.46. The van der Waals surface area contributed by atoms with Crippen LogP contribution < -0.4 is 4.31 Å². The van der Waals surface area contributed by atoms with Crippen LogP contribution in [0.5, 0.6) is 0 Å². The van der Waals surface area contributed by atoms with Crippen LogP contribution in [0.1, 0.15) is 29.0 Å². The molecule has 4 rings (SSSR count). The van der Waals surface area contributed by atoms with Crippen LogP contribution in [0.3, 0.4) is 0 Å². The maximum Gasteiger partial charge on any atom is 0.273 e. The van der Waals surface area contributed by atoms with Gasteiger partial charge in [0.1, 0.15) is 0 Å². The molecule has 28 heavy (non-hydrogen) atoms. The number of hydrogen-bond donors (Lipinski definition) is 0. The Morgan fingerprint density at radius 3 is 2.61 bits per heavy atom. The second-order valence-electron chi connectivity index (χ2n) is 7.79. The third-order valence-corrected chi connectivity index (χ3v) is 7.67. The van der Waals surface area contributed by atoms with Crippen LogP contribution in [0.25, 0.3) is 0 Å². The van der Waals surface area contributed by atoms with Crippen molar-refractivity contribution in [3.05, 3.63) is 63.2 Å². The lowest BCUT2D eigenvalue weighted by atomic mass is 9.89. The molecule has 0 N–H and O–H groups in total. The van der Waals surface area contributed by atoms with Crippen molar-refractivity contribution in [1.29, 1.82) is 0 Å². The standard InChI is InChI=1S/C20H23N3O4S/c1-13-4-7-18-16(10-13)17-12-21(3)9-8-19(17)22(18)28(26,27)15-6-5-14(2)20(11-15)23(24)25/h4-7,10-11,17,19H,8-9,12H2,1-3H3/t17-,19-/m0/s1. The molecule has 2 aromatic carbocycles. The molecule has 2 aliphatic heterocycles. The first-order chi connectivity index (χ1) is 13.2. The summed E-state index contributed by atoms with van der Waals surface area (Å²) in [6.07, 6.45) is 0.724. The summed E-state index contributed by atoms with van der Waals surface area (Å²) in [5.74, 6) is 0.101. The van der Waals surface area contributed by atoms with E-state index < -0.39 is 14.9 Å². The van der Waals surface area contributed by atoms with Gasteiger partial charge in [-0.2, -0.15) is 0 Å². The zero-order valence-electron chi connectivity index (χ0n) is 16.1. The Balaban J connectivity index is 1.86. The van der Waals surface area contributed by atoms with E-state index in [-0.39, 0.29) is 22.5 Å². The predicted octanol–water partition coefficient (Wildman–Crippen LogP) is 3.21. The van der Waals surface area contributed by atoms with Gasteiger partial charge in [-0.3, -0.25) is 14.4 Å². The van der Waals surface area contributed by atoms with Crippen LogP contribution in [-0.2, 0) is 10.0 Å². The number of nitro benzene ring substituents is 1. The van der Waals surface area contributed by atoms with Crippen molar-refractivity contribution in [2.24, 2.45) is 0 Å². The number of benzene rings is 2. The fourth-order valence-corrected chi connectivity index (χ4v) is 6.17. The topological polar surface area (TPSA) is 83.8 Å². The molecule has 0 aliphatic carbocycles. The van der Waals surface area contributed by atoms with E-state index in [1.165, 1.54) is 22.5 Å². The summed E-state index contributed by atoms with van der Waals surface area (Å²) >= 11 is 0. The maximum atomic E-state index is 13.6. The molecular weight excluding hydrogens is 378 g/mol. The molecule has 2 aromatic rings. The molecular formula is C20H23N3O4S. The molecule has 0 aromatic heterocycles. The summed E-state index contributed by atoms with van der Waals surface area (Å²) < 4.78 is 28.7. The van der Waals surface area contributed by atoms with Crippen LogP contribution in [0, 0.1) is 24.0 Å². The lowest BCUT2D eigenvalue weighted by molar-refractivity contribution is -0.385. The van der Waals surface area contributed by atoms with Crippen molar-refractivity contribution < 1.29 is 13.3 Å². The van der Waals surface area contributed by atoms with E-state index in [4.69, 9.17) is 0 Å². The monoisotopic (exact) mass is 401 g/mol. The molecule has 0 radical (unpaired) electrons. The highest BCUT2D eigenvalue weighted by atomic mass is 32.2. The number of likely N-dealkylation sites (N-methyl/N-ethyl adjacent to an activating group) is 1. The summed E-state index contributed by atoms with van der Waals surface area (Å²) in [6, 6.07) is 9.83. The van der Waals surface area contributed by atoms with E-state index in [2.05, 4.69) is 11.0 Å². The van der Waals surface area contributed by atoms with E-state index in [0.29, 0.717) is 11.3 Å². The molecule has 2 heterocycles. The fraction of sp³-hybridized carbons (Fsp3) is 0.400. The van der Waals surface area contributed by atoms with Crippen molar-refractivity contribution in [2.45, 2.75) is 37.1 Å². The quantitative estimate of drug-likeness (QED) is 0.582. The highest BCUT2D eigenvalue weighted by Crippen LogP contribution is 2.47. The van der Waals surface area contributed by atoms with Crippen LogP contribution in [0.15, 0.2) is 41.3 Å². The van der Waals surface area contributed by atoms with E-state index in [0.717, 1.165) is 30.6 Å². The van der Waals surface area contributed by atoms with Gasteiger partial charge in [0.25, 0.3) is 15.7 Å². The molecule has 1 saturated heterocycles. The van der Waals surface area contributed by atoms with Crippen LogP contribution in [-0.4, -0.2) is 44.4 Å². The summed E-state index contributed by atoms with van der Waals surface area (Å²) in [6.45, 7) is 5.22. The van der Waals surface area contributed by atoms with Crippen molar-refractivity contribution in [3.8, 4) is 0 Å². The summed E-state index contributed by atoms with van der Waals surface area (Å²) in [4.78, 5) is 13.0. The van der Waals surface area contributed by atoms with Crippen LogP contribution >= 0.6 is 0 Å². The fourth-order valence-electron chi connectivity index (χ4n) is 4.41. The number of nitro groups is 1. The lowest BCUT2D eigenvalue weighted by Gasteiger charge is -2.36. The Kier molecular flexibility index (Phi) is 4.43. The van der Waals surface area contributed by atoms with Gasteiger partial charge in [-0.15, -0.1) is 0 Å². The summed E-state index contributed by atoms with van der Waals surface area (Å²) in [7, 11) is -1.87. The van der Waals surface area contributed by atoms with Crippen molar-refractivity contribution in [3.63, 3.8) is 0 Å². The third-order valence-electron chi connectivity index (χ3n) is 5.83. The molecule has 0 unspecified atom stereocenters. The molecule has 2 atom stereocenters. The van der Waals surface area contributed by atoms with E-state index >= 15 is 0 Å². The van der Waals surface area contributed by atoms with E-state index in [1.54, 1.807) is 6.92 Å². The smallest absolute Gasteiger partial charge is 0.273 e. The van der Waals surface area contributed by atoms with Gasteiger partial charge in [0.2, 0.25) is 0 Å². The Labute approximate surface area is 164 Å². The van der Waals surface area contributed by atoms with Gasteiger partial charge in [-0.05, 0) is 51.6 Å². The van der Waals surface area contributed by atoms with Crippen molar-refractivity contribution in [1.82, 2.24) is 4.90 Å². The van der Waals surface area contributed by atoms with Gasteiger partial charge < -0.3 is 4.90 Å². The van der Waals surface area contributed by atoms with Crippen LogP contribution in [0.2, 0.25) is 0 Å². The number of rotatable bonds is 3.